The van der Waals surface area contributed by atoms with Crippen LogP contribution in [0, 0.1) is 23.2 Å². The van der Waals surface area contributed by atoms with Crippen LogP contribution in [0.25, 0.3) is 0 Å². The topological polar surface area (TPSA) is 12.0 Å². The summed E-state index contributed by atoms with van der Waals surface area (Å²) in [6.07, 6.45) is 12.1. The van der Waals surface area contributed by atoms with Crippen LogP contribution in [0.5, 0.6) is 0 Å². The van der Waals surface area contributed by atoms with Gasteiger partial charge in [0, 0.05) is 6.04 Å². The second kappa shape index (κ2) is 4.01. The van der Waals surface area contributed by atoms with Gasteiger partial charge in [-0.1, -0.05) is 13.3 Å². The van der Waals surface area contributed by atoms with Gasteiger partial charge >= 0.3 is 0 Å². The van der Waals surface area contributed by atoms with E-state index in [9.17, 15) is 0 Å². The first-order valence-corrected chi connectivity index (χ1v) is 7.36. The molecule has 0 heterocycles. The maximum absolute atomic E-state index is 3.48. The molecule has 3 rings (SSSR count). The maximum Gasteiger partial charge on any atom is 0.00694 e. The lowest BCUT2D eigenvalue weighted by Crippen LogP contribution is -2.26. The Kier molecular flexibility index (Phi) is 2.78. The minimum absolute atomic E-state index is 0.669. The summed E-state index contributed by atoms with van der Waals surface area (Å²) in [6.45, 7) is 2.55. The van der Waals surface area contributed by atoms with Crippen molar-refractivity contribution in [1.29, 1.82) is 0 Å². The smallest absolute Gasteiger partial charge is 0.00694 e. The lowest BCUT2D eigenvalue weighted by atomic mass is 9.74. The summed E-state index contributed by atoms with van der Waals surface area (Å²) in [6, 6.07) is 0.809. The van der Waals surface area contributed by atoms with Crippen molar-refractivity contribution in [2.24, 2.45) is 23.2 Å². The van der Waals surface area contributed by atoms with Gasteiger partial charge in [0.25, 0.3) is 0 Å². The predicted octanol–water partition coefficient (Wildman–Crippen LogP) is 3.59. The van der Waals surface area contributed by atoms with Crippen LogP contribution in [0.2, 0.25) is 0 Å². The molecule has 0 amide bonds. The molecule has 0 saturated heterocycles. The molecular formula is C15H27N. The molecule has 0 aromatic carbocycles. The van der Waals surface area contributed by atoms with Gasteiger partial charge in [0.2, 0.25) is 0 Å². The summed E-state index contributed by atoms with van der Waals surface area (Å²) in [5.41, 5.74) is 0.669. The van der Waals surface area contributed by atoms with Crippen LogP contribution >= 0.6 is 0 Å². The van der Waals surface area contributed by atoms with Crippen molar-refractivity contribution >= 4 is 0 Å². The zero-order valence-electron chi connectivity index (χ0n) is 11.0. The van der Waals surface area contributed by atoms with Crippen molar-refractivity contribution in [3.05, 3.63) is 0 Å². The van der Waals surface area contributed by atoms with Crippen LogP contribution in [0.4, 0.5) is 0 Å². The van der Waals surface area contributed by atoms with Gasteiger partial charge in [-0.05, 0) is 75.2 Å². The Hall–Kier alpha value is -0.0400. The van der Waals surface area contributed by atoms with Crippen molar-refractivity contribution in [1.82, 2.24) is 5.32 Å². The minimum atomic E-state index is 0.669. The van der Waals surface area contributed by atoms with Crippen molar-refractivity contribution < 1.29 is 0 Å². The van der Waals surface area contributed by atoms with Crippen LogP contribution in [0.3, 0.4) is 0 Å². The second-order valence-electron chi connectivity index (χ2n) is 7.18. The van der Waals surface area contributed by atoms with Crippen LogP contribution < -0.4 is 5.32 Å². The molecule has 0 aromatic heterocycles. The molecule has 0 aromatic rings. The number of hydrogen-bond acceptors (Lipinski definition) is 1. The Morgan fingerprint density at radius 2 is 2.06 bits per heavy atom. The fourth-order valence-corrected chi connectivity index (χ4v) is 5.01. The second-order valence-corrected chi connectivity index (χ2v) is 7.18. The summed E-state index contributed by atoms with van der Waals surface area (Å²) in [7, 11) is 2.13. The van der Waals surface area contributed by atoms with E-state index in [2.05, 4.69) is 19.3 Å². The lowest BCUT2D eigenvalue weighted by molar-refractivity contribution is 0.191. The van der Waals surface area contributed by atoms with Crippen LogP contribution in [-0.2, 0) is 0 Å². The van der Waals surface area contributed by atoms with E-state index < -0.39 is 0 Å². The molecule has 5 atom stereocenters. The first-order valence-electron chi connectivity index (χ1n) is 7.36. The number of hydrogen-bond donors (Lipinski definition) is 1. The molecule has 0 spiro atoms. The Bertz CT molecular complexity index is 262. The van der Waals surface area contributed by atoms with E-state index in [-0.39, 0.29) is 0 Å². The summed E-state index contributed by atoms with van der Waals surface area (Å²) in [5.74, 6) is 3.34. The molecule has 3 aliphatic carbocycles. The monoisotopic (exact) mass is 221 g/mol. The molecule has 1 nitrogen and oxygen atoms in total. The van der Waals surface area contributed by atoms with E-state index in [1.807, 2.05) is 0 Å². The Labute approximate surface area is 100 Å². The molecule has 3 aliphatic rings. The van der Waals surface area contributed by atoms with Gasteiger partial charge in [0.1, 0.15) is 0 Å². The van der Waals surface area contributed by atoms with Crippen molar-refractivity contribution in [3.63, 3.8) is 0 Å². The molecule has 16 heavy (non-hydrogen) atoms. The van der Waals surface area contributed by atoms with Gasteiger partial charge in [0.15, 0.2) is 0 Å². The standard InChI is InChI=1S/C15H27N/c1-15(6-5-14(10-15)16-2)9-13-8-11-3-4-12(13)7-11/h11-14,16H,3-10H2,1-2H3. The van der Waals surface area contributed by atoms with Crippen LogP contribution in [0.1, 0.15) is 58.3 Å². The van der Waals surface area contributed by atoms with Gasteiger partial charge < -0.3 is 5.32 Å². The Morgan fingerprint density at radius 3 is 2.62 bits per heavy atom. The molecule has 1 heteroatoms. The normalized spacial score (nSPS) is 51.4. The van der Waals surface area contributed by atoms with Gasteiger partial charge in [-0.15, -0.1) is 0 Å². The van der Waals surface area contributed by atoms with Gasteiger partial charge in [-0.3, -0.25) is 0 Å². The Morgan fingerprint density at radius 1 is 1.19 bits per heavy atom. The van der Waals surface area contributed by atoms with Crippen molar-refractivity contribution in [2.45, 2.75) is 64.3 Å². The van der Waals surface area contributed by atoms with E-state index in [1.54, 1.807) is 25.7 Å². The third-order valence-corrected chi connectivity index (χ3v) is 5.88. The van der Waals surface area contributed by atoms with E-state index in [1.165, 1.54) is 25.7 Å². The zero-order chi connectivity index (χ0) is 11.2. The molecule has 3 fully saturated rings. The molecule has 2 bridgehead atoms. The minimum Gasteiger partial charge on any atom is -0.317 e. The van der Waals surface area contributed by atoms with E-state index in [0.717, 1.165) is 23.8 Å². The average Bonchev–Trinajstić information content (AvgIpc) is 2.93. The number of nitrogens with one attached hydrogen (secondary N) is 1. The average molecular weight is 221 g/mol. The first kappa shape index (κ1) is 11.1. The van der Waals surface area contributed by atoms with Gasteiger partial charge in [-0.2, -0.15) is 0 Å². The number of fused-ring (bicyclic) bond motifs is 2. The van der Waals surface area contributed by atoms with Crippen molar-refractivity contribution in [3.8, 4) is 0 Å². The fourth-order valence-electron chi connectivity index (χ4n) is 5.01. The summed E-state index contributed by atoms with van der Waals surface area (Å²) in [5, 5.41) is 3.48. The molecule has 3 saturated carbocycles. The molecule has 0 radical (unpaired) electrons. The van der Waals surface area contributed by atoms with Crippen molar-refractivity contribution in [2.75, 3.05) is 7.05 Å². The molecular weight excluding hydrogens is 194 g/mol. The quantitative estimate of drug-likeness (QED) is 0.768. The Balaban J connectivity index is 1.58. The fraction of sp³-hybridized carbons (Fsp3) is 1.00. The summed E-state index contributed by atoms with van der Waals surface area (Å²) < 4.78 is 0. The SMILES string of the molecule is CNC1CCC(C)(CC2CC3CCC2C3)C1. The summed E-state index contributed by atoms with van der Waals surface area (Å²) in [4.78, 5) is 0. The van der Waals surface area contributed by atoms with Crippen LogP contribution in [-0.4, -0.2) is 13.1 Å². The molecule has 1 N–H and O–H groups in total. The third-order valence-electron chi connectivity index (χ3n) is 5.88. The van der Waals surface area contributed by atoms with E-state index in [4.69, 9.17) is 0 Å². The van der Waals surface area contributed by atoms with Gasteiger partial charge in [0.05, 0.1) is 0 Å². The molecule has 92 valence electrons. The highest BCUT2D eigenvalue weighted by Gasteiger charge is 2.44. The van der Waals surface area contributed by atoms with Crippen LogP contribution in [0.15, 0.2) is 0 Å². The van der Waals surface area contributed by atoms with Gasteiger partial charge in [-0.25, -0.2) is 0 Å². The highest BCUT2D eigenvalue weighted by Crippen LogP contribution is 2.54. The van der Waals surface area contributed by atoms with E-state index in [0.29, 0.717) is 5.41 Å². The molecule has 5 unspecified atom stereocenters. The highest BCUT2D eigenvalue weighted by molar-refractivity contribution is 4.96. The van der Waals surface area contributed by atoms with E-state index >= 15 is 0 Å². The third kappa shape index (κ3) is 1.92. The highest BCUT2D eigenvalue weighted by atomic mass is 14.9. The maximum atomic E-state index is 3.48. The first-order chi connectivity index (χ1) is 7.68. The lowest BCUT2D eigenvalue weighted by Gasteiger charge is -2.32. The predicted molar refractivity (Wildman–Crippen MR) is 68.4 cm³/mol. The summed E-state index contributed by atoms with van der Waals surface area (Å²) >= 11 is 0. The largest absolute Gasteiger partial charge is 0.317 e. The number of rotatable bonds is 3. The molecule has 0 aliphatic heterocycles. The zero-order valence-corrected chi connectivity index (χ0v) is 11.0.